The molecule has 0 aromatic heterocycles. The third-order valence-corrected chi connectivity index (χ3v) is 1.81. The summed E-state index contributed by atoms with van der Waals surface area (Å²) in [6, 6.07) is 3.77. The maximum absolute atomic E-state index is 12.9. The Kier molecular flexibility index (Phi) is 3.55. The number of unbranched alkanes of at least 4 members (excludes halogenated alkanes) is 1. The van der Waals surface area contributed by atoms with E-state index in [0.29, 0.717) is 12.8 Å². The number of hydrogen-bond acceptors (Lipinski definition) is 1. The highest BCUT2D eigenvalue weighted by atomic mass is 19.1. The molecule has 3 heteroatoms. The molecule has 1 rings (SSSR count). The zero-order valence-electron chi connectivity index (χ0n) is 7.09. The minimum Gasteiger partial charge on any atom is -0.303 e. The van der Waals surface area contributed by atoms with E-state index in [1.807, 2.05) is 0 Å². The fourth-order valence-electron chi connectivity index (χ4n) is 1.13. The van der Waals surface area contributed by atoms with Gasteiger partial charge in [-0.3, -0.25) is 0 Å². The van der Waals surface area contributed by atoms with Crippen LogP contribution in [0.5, 0.6) is 0 Å². The molecule has 0 aliphatic rings. The lowest BCUT2D eigenvalue weighted by atomic mass is 10.1. The molecule has 13 heavy (non-hydrogen) atoms. The normalized spacial score (nSPS) is 10.0. The summed E-state index contributed by atoms with van der Waals surface area (Å²) in [4.78, 5) is 9.98. The molecule has 0 aliphatic carbocycles. The predicted octanol–water partition coefficient (Wildman–Crippen LogP) is 2.49. The maximum atomic E-state index is 12.9. The van der Waals surface area contributed by atoms with Crippen molar-refractivity contribution >= 4 is 6.29 Å². The Hall–Kier alpha value is -1.25. The zero-order chi connectivity index (χ0) is 9.68. The number of rotatable bonds is 4. The molecule has 0 N–H and O–H groups in total. The lowest BCUT2D eigenvalue weighted by Crippen LogP contribution is -1.95. The van der Waals surface area contributed by atoms with Gasteiger partial charge in [-0.05, 0) is 25.0 Å². The Morgan fingerprint density at radius 2 is 1.85 bits per heavy atom. The molecule has 1 aromatic carbocycles. The molecule has 0 heterocycles. The lowest BCUT2D eigenvalue weighted by Gasteiger charge is -2.02. The predicted molar refractivity (Wildman–Crippen MR) is 45.4 cm³/mol. The van der Waals surface area contributed by atoms with E-state index >= 15 is 0 Å². The fraction of sp³-hybridized carbons (Fsp3) is 0.300. The molecule has 1 nitrogen and oxygen atoms in total. The topological polar surface area (TPSA) is 17.1 Å². The van der Waals surface area contributed by atoms with E-state index in [9.17, 15) is 13.6 Å². The third kappa shape index (κ3) is 2.61. The van der Waals surface area contributed by atoms with Gasteiger partial charge in [0.25, 0.3) is 0 Å². The SMILES string of the molecule is O=CCCCc1c(F)cccc1F. The highest BCUT2D eigenvalue weighted by Gasteiger charge is 2.06. The van der Waals surface area contributed by atoms with E-state index < -0.39 is 11.6 Å². The smallest absolute Gasteiger partial charge is 0.129 e. The van der Waals surface area contributed by atoms with Crippen LogP contribution in [0.25, 0.3) is 0 Å². The van der Waals surface area contributed by atoms with Crippen molar-refractivity contribution in [2.45, 2.75) is 19.3 Å². The summed E-state index contributed by atoms with van der Waals surface area (Å²) in [5, 5.41) is 0. The van der Waals surface area contributed by atoms with Crippen LogP contribution in [0.4, 0.5) is 8.78 Å². The van der Waals surface area contributed by atoms with Gasteiger partial charge in [0, 0.05) is 12.0 Å². The van der Waals surface area contributed by atoms with Crippen molar-refractivity contribution in [3.8, 4) is 0 Å². The van der Waals surface area contributed by atoms with Gasteiger partial charge in [0.15, 0.2) is 0 Å². The largest absolute Gasteiger partial charge is 0.303 e. The Balaban J connectivity index is 2.69. The average molecular weight is 184 g/mol. The Bertz CT molecular complexity index is 277. The Labute approximate surface area is 75.4 Å². The van der Waals surface area contributed by atoms with Gasteiger partial charge in [-0.25, -0.2) is 8.78 Å². The summed E-state index contributed by atoms with van der Waals surface area (Å²) in [6.07, 6.45) is 1.85. The maximum Gasteiger partial charge on any atom is 0.129 e. The van der Waals surface area contributed by atoms with Crippen molar-refractivity contribution in [2.75, 3.05) is 0 Å². The van der Waals surface area contributed by atoms with Crippen LogP contribution in [0.3, 0.4) is 0 Å². The highest BCUT2D eigenvalue weighted by Crippen LogP contribution is 2.14. The first-order valence-corrected chi connectivity index (χ1v) is 4.12. The third-order valence-electron chi connectivity index (χ3n) is 1.81. The van der Waals surface area contributed by atoms with Crippen LogP contribution in [0, 0.1) is 11.6 Å². The van der Waals surface area contributed by atoms with Crippen LogP contribution in [0.15, 0.2) is 18.2 Å². The van der Waals surface area contributed by atoms with Gasteiger partial charge in [0.1, 0.15) is 17.9 Å². The lowest BCUT2D eigenvalue weighted by molar-refractivity contribution is -0.107. The van der Waals surface area contributed by atoms with E-state index in [2.05, 4.69) is 0 Å². The molecule has 0 amide bonds. The van der Waals surface area contributed by atoms with Gasteiger partial charge in [-0.15, -0.1) is 0 Å². The summed E-state index contributed by atoms with van der Waals surface area (Å²) >= 11 is 0. The van der Waals surface area contributed by atoms with Crippen molar-refractivity contribution < 1.29 is 13.6 Å². The van der Waals surface area contributed by atoms with Crippen LogP contribution in [-0.4, -0.2) is 6.29 Å². The number of halogens is 2. The summed E-state index contributed by atoms with van der Waals surface area (Å²) in [5.41, 5.74) is 0.0735. The molecule has 0 unspecified atom stereocenters. The average Bonchev–Trinajstić information content (AvgIpc) is 2.10. The first kappa shape index (κ1) is 9.84. The van der Waals surface area contributed by atoms with Crippen molar-refractivity contribution in [3.63, 3.8) is 0 Å². The highest BCUT2D eigenvalue weighted by molar-refractivity contribution is 5.49. The van der Waals surface area contributed by atoms with Crippen molar-refractivity contribution in [3.05, 3.63) is 35.4 Å². The zero-order valence-corrected chi connectivity index (χ0v) is 7.09. The van der Waals surface area contributed by atoms with E-state index in [0.717, 1.165) is 6.29 Å². The molecule has 0 saturated heterocycles. The first-order valence-electron chi connectivity index (χ1n) is 4.12. The number of carbonyl (C=O) groups is 1. The van der Waals surface area contributed by atoms with Gasteiger partial charge in [0.05, 0.1) is 0 Å². The number of hydrogen-bond donors (Lipinski definition) is 0. The van der Waals surface area contributed by atoms with Crippen molar-refractivity contribution in [2.24, 2.45) is 0 Å². The Morgan fingerprint density at radius 1 is 1.23 bits per heavy atom. The summed E-state index contributed by atoms with van der Waals surface area (Å²) in [7, 11) is 0. The fourth-order valence-corrected chi connectivity index (χ4v) is 1.13. The van der Waals surface area contributed by atoms with Crippen LogP contribution >= 0.6 is 0 Å². The molecule has 0 fully saturated rings. The molecule has 0 radical (unpaired) electrons. The second-order valence-corrected chi connectivity index (χ2v) is 2.76. The second-order valence-electron chi connectivity index (χ2n) is 2.76. The molecule has 0 atom stereocenters. The van der Waals surface area contributed by atoms with Crippen LogP contribution < -0.4 is 0 Å². The quantitative estimate of drug-likeness (QED) is 0.519. The molecular formula is C10H10F2O. The van der Waals surface area contributed by atoms with E-state index in [1.54, 1.807) is 0 Å². The number of aldehydes is 1. The molecule has 0 aliphatic heterocycles. The van der Waals surface area contributed by atoms with Crippen LogP contribution in [-0.2, 0) is 11.2 Å². The van der Waals surface area contributed by atoms with Crippen LogP contribution in [0.2, 0.25) is 0 Å². The minimum absolute atomic E-state index is 0.0735. The van der Waals surface area contributed by atoms with Gasteiger partial charge in [0.2, 0.25) is 0 Å². The van der Waals surface area contributed by atoms with Gasteiger partial charge >= 0.3 is 0 Å². The summed E-state index contributed by atoms with van der Waals surface area (Å²) in [6.45, 7) is 0. The molecular weight excluding hydrogens is 174 g/mol. The molecule has 70 valence electrons. The van der Waals surface area contributed by atoms with E-state index in [1.165, 1.54) is 18.2 Å². The first-order chi connectivity index (χ1) is 6.25. The van der Waals surface area contributed by atoms with Gasteiger partial charge in [-0.1, -0.05) is 6.07 Å². The summed E-state index contributed by atoms with van der Waals surface area (Å²) in [5.74, 6) is -1.07. The second kappa shape index (κ2) is 4.70. The van der Waals surface area contributed by atoms with E-state index in [-0.39, 0.29) is 12.0 Å². The van der Waals surface area contributed by atoms with E-state index in [4.69, 9.17) is 0 Å². The minimum atomic E-state index is -0.536. The summed E-state index contributed by atoms with van der Waals surface area (Å²) < 4.78 is 25.9. The molecule has 0 bridgehead atoms. The molecule has 0 spiro atoms. The molecule has 0 saturated carbocycles. The van der Waals surface area contributed by atoms with Crippen LogP contribution in [0.1, 0.15) is 18.4 Å². The standard InChI is InChI=1S/C10H10F2O/c11-9-5-3-6-10(12)8(9)4-1-2-7-13/h3,5-7H,1-2,4H2. The van der Waals surface area contributed by atoms with Gasteiger partial charge in [-0.2, -0.15) is 0 Å². The van der Waals surface area contributed by atoms with Gasteiger partial charge < -0.3 is 4.79 Å². The van der Waals surface area contributed by atoms with Crippen molar-refractivity contribution in [1.29, 1.82) is 0 Å². The number of benzene rings is 1. The number of carbonyl (C=O) groups excluding carboxylic acids is 1. The molecule has 1 aromatic rings. The van der Waals surface area contributed by atoms with Crippen molar-refractivity contribution in [1.82, 2.24) is 0 Å². The Morgan fingerprint density at radius 3 is 2.38 bits per heavy atom. The monoisotopic (exact) mass is 184 g/mol.